The van der Waals surface area contributed by atoms with Gasteiger partial charge in [-0.2, -0.15) is 0 Å². The number of rotatable bonds is 2. The molecule has 1 aromatic rings. The van der Waals surface area contributed by atoms with Crippen LogP contribution in [0.1, 0.15) is 18.9 Å². The van der Waals surface area contributed by atoms with Crippen molar-refractivity contribution < 1.29 is 4.74 Å². The SMILES string of the molecule is C=Cc1cccc2c1OC(CC)C(=C)N2. The zero-order valence-corrected chi connectivity index (χ0v) is 8.92. The van der Waals surface area contributed by atoms with Crippen molar-refractivity contribution in [1.29, 1.82) is 0 Å². The molecule has 1 atom stereocenters. The van der Waals surface area contributed by atoms with E-state index in [1.807, 2.05) is 18.2 Å². The first-order valence-electron chi connectivity index (χ1n) is 5.14. The van der Waals surface area contributed by atoms with Gasteiger partial charge >= 0.3 is 0 Å². The highest BCUT2D eigenvalue weighted by molar-refractivity contribution is 5.71. The molecule has 1 aliphatic rings. The predicted molar refractivity (Wildman–Crippen MR) is 64.0 cm³/mol. The normalized spacial score (nSPS) is 18.7. The maximum absolute atomic E-state index is 5.88. The van der Waals surface area contributed by atoms with Crippen LogP contribution in [0.4, 0.5) is 5.69 Å². The van der Waals surface area contributed by atoms with Crippen LogP contribution >= 0.6 is 0 Å². The number of nitrogens with one attached hydrogen (secondary N) is 1. The number of ether oxygens (including phenoxy) is 1. The molecule has 1 heterocycles. The van der Waals surface area contributed by atoms with Crippen LogP contribution in [-0.2, 0) is 0 Å². The molecular formula is C13H15NO. The monoisotopic (exact) mass is 201 g/mol. The van der Waals surface area contributed by atoms with Gasteiger partial charge in [0.2, 0.25) is 0 Å². The van der Waals surface area contributed by atoms with Gasteiger partial charge in [0.15, 0.2) is 5.75 Å². The van der Waals surface area contributed by atoms with E-state index in [-0.39, 0.29) is 6.10 Å². The van der Waals surface area contributed by atoms with Crippen LogP contribution in [0.15, 0.2) is 37.1 Å². The molecule has 1 aliphatic heterocycles. The van der Waals surface area contributed by atoms with Crippen molar-refractivity contribution in [2.45, 2.75) is 19.4 Å². The van der Waals surface area contributed by atoms with E-state index >= 15 is 0 Å². The highest BCUT2D eigenvalue weighted by Crippen LogP contribution is 2.36. The van der Waals surface area contributed by atoms with Crippen molar-refractivity contribution in [3.8, 4) is 5.75 Å². The first kappa shape index (κ1) is 9.84. The highest BCUT2D eigenvalue weighted by Gasteiger charge is 2.22. The van der Waals surface area contributed by atoms with Crippen LogP contribution in [0.2, 0.25) is 0 Å². The van der Waals surface area contributed by atoms with E-state index in [1.54, 1.807) is 6.08 Å². The maximum Gasteiger partial charge on any atom is 0.150 e. The van der Waals surface area contributed by atoms with Crippen LogP contribution in [0, 0.1) is 0 Å². The predicted octanol–water partition coefficient (Wildman–Crippen LogP) is 3.43. The molecule has 0 amide bonds. The van der Waals surface area contributed by atoms with Crippen LogP contribution < -0.4 is 10.1 Å². The number of fused-ring (bicyclic) bond motifs is 1. The fourth-order valence-corrected chi connectivity index (χ4v) is 1.74. The second kappa shape index (κ2) is 3.81. The maximum atomic E-state index is 5.88. The molecular weight excluding hydrogens is 186 g/mol. The average Bonchev–Trinajstić information content (AvgIpc) is 2.27. The second-order valence-corrected chi connectivity index (χ2v) is 3.59. The summed E-state index contributed by atoms with van der Waals surface area (Å²) in [4.78, 5) is 0. The Hall–Kier alpha value is -1.70. The van der Waals surface area contributed by atoms with E-state index in [0.29, 0.717) is 0 Å². The molecule has 78 valence electrons. The van der Waals surface area contributed by atoms with E-state index in [4.69, 9.17) is 4.74 Å². The van der Waals surface area contributed by atoms with Crippen molar-refractivity contribution in [2.75, 3.05) is 5.32 Å². The van der Waals surface area contributed by atoms with Crippen molar-refractivity contribution in [2.24, 2.45) is 0 Å². The zero-order chi connectivity index (χ0) is 10.8. The fraction of sp³-hybridized carbons (Fsp3) is 0.231. The average molecular weight is 201 g/mol. The minimum atomic E-state index is 0.0543. The molecule has 0 saturated carbocycles. The lowest BCUT2D eigenvalue weighted by Gasteiger charge is -2.29. The Balaban J connectivity index is 2.44. The number of anilines is 1. The van der Waals surface area contributed by atoms with Crippen LogP contribution in [-0.4, -0.2) is 6.10 Å². The Morgan fingerprint density at radius 3 is 3.00 bits per heavy atom. The van der Waals surface area contributed by atoms with Crippen LogP contribution in [0.5, 0.6) is 5.75 Å². The number of para-hydroxylation sites is 1. The topological polar surface area (TPSA) is 21.3 Å². The molecule has 2 rings (SSSR count). The van der Waals surface area contributed by atoms with Crippen molar-refractivity contribution in [3.63, 3.8) is 0 Å². The smallest absolute Gasteiger partial charge is 0.150 e. The third-order valence-electron chi connectivity index (χ3n) is 2.58. The molecule has 0 spiro atoms. The first-order valence-corrected chi connectivity index (χ1v) is 5.14. The minimum absolute atomic E-state index is 0.0543. The molecule has 0 aliphatic carbocycles. The summed E-state index contributed by atoms with van der Waals surface area (Å²) < 4.78 is 5.88. The summed E-state index contributed by atoms with van der Waals surface area (Å²) >= 11 is 0. The third-order valence-corrected chi connectivity index (χ3v) is 2.58. The molecule has 0 aromatic heterocycles. The summed E-state index contributed by atoms with van der Waals surface area (Å²) in [6, 6.07) is 5.96. The fourth-order valence-electron chi connectivity index (χ4n) is 1.74. The molecule has 0 radical (unpaired) electrons. The van der Waals surface area contributed by atoms with Crippen molar-refractivity contribution in [3.05, 3.63) is 42.6 Å². The summed E-state index contributed by atoms with van der Waals surface area (Å²) in [5.74, 6) is 0.881. The van der Waals surface area contributed by atoms with Crippen LogP contribution in [0.3, 0.4) is 0 Å². The van der Waals surface area contributed by atoms with Gasteiger partial charge in [0, 0.05) is 11.3 Å². The van der Waals surface area contributed by atoms with Gasteiger partial charge in [0.25, 0.3) is 0 Å². The lowest BCUT2D eigenvalue weighted by atomic mass is 10.1. The number of benzene rings is 1. The lowest BCUT2D eigenvalue weighted by molar-refractivity contribution is 0.227. The molecule has 0 bridgehead atoms. The van der Waals surface area contributed by atoms with Gasteiger partial charge in [-0.1, -0.05) is 38.3 Å². The molecule has 1 N–H and O–H groups in total. The lowest BCUT2D eigenvalue weighted by Crippen LogP contribution is -2.27. The van der Waals surface area contributed by atoms with E-state index < -0.39 is 0 Å². The minimum Gasteiger partial charge on any atom is -0.481 e. The molecule has 15 heavy (non-hydrogen) atoms. The Kier molecular flexibility index (Phi) is 2.50. The standard InChI is InChI=1S/C13H15NO/c1-4-10-7-6-8-11-13(10)15-12(5-2)9(3)14-11/h4,6-8,12,14H,1,3,5H2,2H3. The Bertz CT molecular complexity index is 409. The molecule has 1 aromatic carbocycles. The Labute approximate surface area is 90.3 Å². The largest absolute Gasteiger partial charge is 0.481 e. The number of hydrogen-bond acceptors (Lipinski definition) is 2. The second-order valence-electron chi connectivity index (χ2n) is 3.59. The molecule has 2 heteroatoms. The Morgan fingerprint density at radius 2 is 2.33 bits per heavy atom. The van der Waals surface area contributed by atoms with Crippen molar-refractivity contribution >= 4 is 11.8 Å². The summed E-state index contributed by atoms with van der Waals surface area (Å²) in [6.07, 6.45) is 2.77. The van der Waals surface area contributed by atoms with Gasteiger partial charge in [-0.3, -0.25) is 0 Å². The van der Waals surface area contributed by atoms with Crippen molar-refractivity contribution in [1.82, 2.24) is 0 Å². The van der Waals surface area contributed by atoms with E-state index in [0.717, 1.165) is 29.1 Å². The Morgan fingerprint density at radius 1 is 1.53 bits per heavy atom. The van der Waals surface area contributed by atoms with Gasteiger partial charge in [0.05, 0.1) is 5.69 Å². The summed E-state index contributed by atoms with van der Waals surface area (Å²) in [7, 11) is 0. The molecule has 0 fully saturated rings. The van der Waals surface area contributed by atoms with E-state index in [1.165, 1.54) is 0 Å². The first-order chi connectivity index (χ1) is 7.26. The van der Waals surface area contributed by atoms with E-state index in [9.17, 15) is 0 Å². The van der Waals surface area contributed by atoms with Gasteiger partial charge in [-0.05, 0) is 12.5 Å². The number of hydrogen-bond donors (Lipinski definition) is 1. The third kappa shape index (κ3) is 1.63. The van der Waals surface area contributed by atoms with E-state index in [2.05, 4.69) is 25.4 Å². The van der Waals surface area contributed by atoms with Gasteiger partial charge in [-0.15, -0.1) is 0 Å². The highest BCUT2D eigenvalue weighted by atomic mass is 16.5. The summed E-state index contributed by atoms with van der Waals surface area (Å²) in [6.45, 7) is 9.82. The quantitative estimate of drug-likeness (QED) is 0.791. The van der Waals surface area contributed by atoms with Crippen LogP contribution in [0.25, 0.3) is 6.08 Å². The van der Waals surface area contributed by atoms with Gasteiger partial charge in [0.1, 0.15) is 6.10 Å². The zero-order valence-electron chi connectivity index (χ0n) is 8.92. The molecule has 0 saturated heterocycles. The summed E-state index contributed by atoms with van der Waals surface area (Å²) in [5, 5.41) is 3.27. The van der Waals surface area contributed by atoms with Gasteiger partial charge < -0.3 is 10.1 Å². The molecule has 1 unspecified atom stereocenters. The summed E-state index contributed by atoms with van der Waals surface area (Å²) in [5.41, 5.74) is 2.92. The molecule has 2 nitrogen and oxygen atoms in total. The van der Waals surface area contributed by atoms with Gasteiger partial charge in [-0.25, -0.2) is 0 Å².